The second kappa shape index (κ2) is 5.40. The molecule has 1 aromatic rings. The van der Waals surface area contributed by atoms with Crippen LogP contribution in [0.15, 0.2) is 6.07 Å². The molecular formula is C12H14F2N4O2. The SMILES string of the molecule is Cc1cc(C)c2c(n1)N(C(=O)NCC(F)F)CC(=O)N2. The second-order valence-electron chi connectivity index (χ2n) is 4.49. The maximum atomic E-state index is 12.1. The third-order valence-corrected chi connectivity index (χ3v) is 2.80. The minimum atomic E-state index is -2.65. The van der Waals surface area contributed by atoms with Gasteiger partial charge in [-0.3, -0.25) is 9.69 Å². The van der Waals surface area contributed by atoms with Crippen molar-refractivity contribution in [1.82, 2.24) is 10.3 Å². The summed E-state index contributed by atoms with van der Waals surface area (Å²) >= 11 is 0. The van der Waals surface area contributed by atoms with Crippen LogP contribution in [-0.4, -0.2) is 36.4 Å². The van der Waals surface area contributed by atoms with Crippen molar-refractivity contribution in [3.63, 3.8) is 0 Å². The molecule has 0 saturated carbocycles. The summed E-state index contributed by atoms with van der Waals surface area (Å²) in [5.74, 6) is -0.118. The summed E-state index contributed by atoms with van der Waals surface area (Å²) in [7, 11) is 0. The fraction of sp³-hybridized carbons (Fsp3) is 0.417. The van der Waals surface area contributed by atoms with E-state index in [1.54, 1.807) is 19.9 Å². The van der Waals surface area contributed by atoms with E-state index < -0.39 is 24.9 Å². The van der Waals surface area contributed by atoms with E-state index in [2.05, 4.69) is 15.6 Å². The Morgan fingerprint density at radius 1 is 1.55 bits per heavy atom. The molecule has 0 atom stereocenters. The molecule has 0 spiro atoms. The number of carbonyl (C=O) groups excluding carboxylic acids is 2. The van der Waals surface area contributed by atoms with Crippen LogP contribution >= 0.6 is 0 Å². The van der Waals surface area contributed by atoms with Gasteiger partial charge in [0.25, 0.3) is 6.43 Å². The number of pyridine rings is 1. The Morgan fingerprint density at radius 3 is 2.90 bits per heavy atom. The van der Waals surface area contributed by atoms with E-state index in [0.717, 1.165) is 10.5 Å². The van der Waals surface area contributed by atoms with Gasteiger partial charge < -0.3 is 10.6 Å². The van der Waals surface area contributed by atoms with Gasteiger partial charge in [0.15, 0.2) is 5.82 Å². The standard InChI is InChI=1S/C12H14F2N4O2/c1-6-3-7(2)16-11-10(6)17-9(19)5-18(11)12(20)15-4-8(13)14/h3,8H,4-5H2,1-2H3,(H,15,20)(H,17,19). The predicted molar refractivity (Wildman–Crippen MR) is 69.1 cm³/mol. The van der Waals surface area contributed by atoms with Gasteiger partial charge in [-0.1, -0.05) is 0 Å². The lowest BCUT2D eigenvalue weighted by molar-refractivity contribution is -0.115. The molecule has 2 rings (SSSR count). The van der Waals surface area contributed by atoms with Crippen molar-refractivity contribution in [2.75, 3.05) is 23.3 Å². The van der Waals surface area contributed by atoms with Crippen molar-refractivity contribution in [1.29, 1.82) is 0 Å². The summed E-state index contributed by atoms with van der Waals surface area (Å²) < 4.78 is 24.3. The van der Waals surface area contributed by atoms with Crippen LogP contribution in [0.1, 0.15) is 11.3 Å². The maximum Gasteiger partial charge on any atom is 0.323 e. The highest BCUT2D eigenvalue weighted by molar-refractivity contribution is 6.09. The third-order valence-electron chi connectivity index (χ3n) is 2.80. The van der Waals surface area contributed by atoms with Crippen molar-refractivity contribution < 1.29 is 18.4 Å². The van der Waals surface area contributed by atoms with Crippen molar-refractivity contribution in [3.05, 3.63) is 17.3 Å². The zero-order chi connectivity index (χ0) is 14.9. The number of alkyl halides is 2. The van der Waals surface area contributed by atoms with Crippen LogP contribution in [0.25, 0.3) is 0 Å². The summed E-state index contributed by atoms with van der Waals surface area (Å²) in [6.45, 7) is 2.50. The highest BCUT2D eigenvalue weighted by atomic mass is 19.3. The Bertz CT molecular complexity index is 563. The van der Waals surface area contributed by atoms with Gasteiger partial charge >= 0.3 is 6.03 Å². The molecule has 8 heteroatoms. The van der Waals surface area contributed by atoms with Crippen molar-refractivity contribution in [3.8, 4) is 0 Å². The van der Waals surface area contributed by atoms with Gasteiger partial charge in [0.05, 0.1) is 12.2 Å². The molecular weight excluding hydrogens is 270 g/mol. The number of halogens is 2. The number of amides is 3. The number of hydrogen-bond donors (Lipinski definition) is 2. The number of carbonyl (C=O) groups is 2. The van der Waals surface area contributed by atoms with E-state index in [1.807, 2.05) is 0 Å². The number of aromatic nitrogens is 1. The fourth-order valence-corrected chi connectivity index (χ4v) is 1.99. The van der Waals surface area contributed by atoms with E-state index in [4.69, 9.17) is 0 Å². The molecule has 0 fully saturated rings. The van der Waals surface area contributed by atoms with Crippen molar-refractivity contribution in [2.24, 2.45) is 0 Å². The quantitative estimate of drug-likeness (QED) is 0.862. The molecule has 0 bridgehead atoms. The number of fused-ring (bicyclic) bond motifs is 1. The van der Waals surface area contributed by atoms with Gasteiger partial charge in [0.1, 0.15) is 6.54 Å². The molecule has 0 unspecified atom stereocenters. The number of aryl methyl sites for hydroxylation is 2. The van der Waals surface area contributed by atoms with Gasteiger partial charge in [0, 0.05) is 5.69 Å². The molecule has 3 amide bonds. The van der Waals surface area contributed by atoms with E-state index in [1.165, 1.54) is 0 Å². The largest absolute Gasteiger partial charge is 0.332 e. The van der Waals surface area contributed by atoms with Crippen LogP contribution in [0.4, 0.5) is 25.1 Å². The van der Waals surface area contributed by atoms with Crippen molar-refractivity contribution >= 4 is 23.4 Å². The average Bonchev–Trinajstić information content (AvgIpc) is 2.36. The smallest absolute Gasteiger partial charge is 0.323 e. The fourth-order valence-electron chi connectivity index (χ4n) is 1.99. The summed E-state index contributed by atoms with van der Waals surface area (Å²) in [4.78, 5) is 28.8. The first-order valence-corrected chi connectivity index (χ1v) is 6.00. The van der Waals surface area contributed by atoms with Crippen LogP contribution in [0.5, 0.6) is 0 Å². The van der Waals surface area contributed by atoms with Crippen molar-refractivity contribution in [2.45, 2.75) is 20.3 Å². The number of anilines is 2. The molecule has 2 N–H and O–H groups in total. The number of urea groups is 1. The number of hydrogen-bond acceptors (Lipinski definition) is 3. The molecule has 108 valence electrons. The molecule has 1 aromatic heterocycles. The van der Waals surface area contributed by atoms with E-state index >= 15 is 0 Å². The highest BCUT2D eigenvalue weighted by Crippen LogP contribution is 2.31. The Labute approximate surface area is 114 Å². The van der Waals surface area contributed by atoms with Crippen LogP contribution < -0.4 is 15.5 Å². The zero-order valence-electron chi connectivity index (χ0n) is 11.0. The lowest BCUT2D eigenvalue weighted by Gasteiger charge is -2.29. The molecule has 1 aliphatic rings. The van der Waals surface area contributed by atoms with E-state index in [-0.39, 0.29) is 12.4 Å². The topological polar surface area (TPSA) is 74.3 Å². The Kier molecular flexibility index (Phi) is 3.82. The molecule has 0 radical (unpaired) electrons. The molecule has 0 aliphatic carbocycles. The normalized spacial score (nSPS) is 14.1. The van der Waals surface area contributed by atoms with Gasteiger partial charge in [-0.25, -0.2) is 18.6 Å². The first-order chi connectivity index (χ1) is 9.38. The van der Waals surface area contributed by atoms with Crippen LogP contribution in [0, 0.1) is 13.8 Å². The van der Waals surface area contributed by atoms with Gasteiger partial charge in [-0.05, 0) is 25.5 Å². The number of nitrogens with zero attached hydrogens (tertiary/aromatic N) is 2. The van der Waals surface area contributed by atoms with Crippen LogP contribution in [0.3, 0.4) is 0 Å². The lowest BCUT2D eigenvalue weighted by Crippen LogP contribution is -2.48. The molecule has 6 nitrogen and oxygen atoms in total. The number of nitrogens with one attached hydrogen (secondary N) is 2. The minimum absolute atomic E-state index is 0.252. The summed E-state index contributed by atoms with van der Waals surface area (Å²) in [6, 6.07) is 0.999. The third kappa shape index (κ3) is 2.84. The zero-order valence-corrected chi connectivity index (χ0v) is 11.0. The summed E-state index contributed by atoms with van der Waals surface area (Å²) in [5, 5.41) is 4.70. The van der Waals surface area contributed by atoms with Crippen LogP contribution in [0.2, 0.25) is 0 Å². The van der Waals surface area contributed by atoms with E-state index in [0.29, 0.717) is 11.4 Å². The molecule has 0 aromatic carbocycles. The van der Waals surface area contributed by atoms with Gasteiger partial charge in [-0.15, -0.1) is 0 Å². The minimum Gasteiger partial charge on any atom is -0.332 e. The summed E-state index contributed by atoms with van der Waals surface area (Å²) in [5.41, 5.74) is 1.86. The van der Waals surface area contributed by atoms with Gasteiger partial charge in [0.2, 0.25) is 5.91 Å². The second-order valence-corrected chi connectivity index (χ2v) is 4.49. The highest BCUT2D eigenvalue weighted by Gasteiger charge is 2.29. The first-order valence-electron chi connectivity index (χ1n) is 6.00. The van der Waals surface area contributed by atoms with E-state index in [9.17, 15) is 18.4 Å². The monoisotopic (exact) mass is 284 g/mol. The Morgan fingerprint density at radius 2 is 2.25 bits per heavy atom. The first kappa shape index (κ1) is 14.2. The summed E-state index contributed by atoms with van der Waals surface area (Å²) in [6.07, 6.45) is -2.65. The number of rotatable bonds is 2. The molecule has 2 heterocycles. The Hall–Kier alpha value is -2.25. The molecule has 0 saturated heterocycles. The maximum absolute atomic E-state index is 12.1. The Balaban J connectivity index is 2.32. The molecule has 1 aliphatic heterocycles. The predicted octanol–water partition coefficient (Wildman–Crippen LogP) is 1.43. The molecule has 20 heavy (non-hydrogen) atoms. The van der Waals surface area contributed by atoms with Crippen LogP contribution in [-0.2, 0) is 4.79 Å². The van der Waals surface area contributed by atoms with Gasteiger partial charge in [-0.2, -0.15) is 0 Å². The lowest BCUT2D eigenvalue weighted by atomic mass is 10.1. The average molecular weight is 284 g/mol.